The third-order valence-corrected chi connectivity index (χ3v) is 3.94. The normalized spacial score (nSPS) is 12.6. The molecule has 1 aromatic carbocycles. The van der Waals surface area contributed by atoms with Crippen molar-refractivity contribution in [2.24, 2.45) is 0 Å². The van der Waals surface area contributed by atoms with Gasteiger partial charge in [0, 0.05) is 11.6 Å². The fourth-order valence-corrected chi connectivity index (χ4v) is 2.56. The third kappa shape index (κ3) is 3.67. The molecule has 102 valence electrons. The van der Waals surface area contributed by atoms with Crippen molar-refractivity contribution in [2.75, 3.05) is 6.54 Å². The fourth-order valence-electron chi connectivity index (χ4n) is 1.99. The van der Waals surface area contributed by atoms with Gasteiger partial charge in [-0.2, -0.15) is 0 Å². The van der Waals surface area contributed by atoms with Crippen LogP contribution in [0.2, 0.25) is 15.3 Å². The maximum absolute atomic E-state index is 6.04. The Balaban J connectivity index is 2.21. The molecular weight excluding hydrogens is 305 g/mol. The highest BCUT2D eigenvalue weighted by Gasteiger charge is 2.17. The van der Waals surface area contributed by atoms with E-state index in [2.05, 4.69) is 12.2 Å². The summed E-state index contributed by atoms with van der Waals surface area (Å²) in [6.07, 6.45) is 2.36. The van der Waals surface area contributed by atoms with E-state index in [0.29, 0.717) is 15.3 Å². The lowest BCUT2D eigenvalue weighted by Crippen LogP contribution is -2.22. The molecule has 2 nitrogen and oxygen atoms in total. The second-order valence-corrected chi connectivity index (χ2v) is 5.37. The zero-order valence-corrected chi connectivity index (χ0v) is 12.7. The van der Waals surface area contributed by atoms with Crippen LogP contribution in [-0.4, -0.2) is 6.54 Å². The molecule has 5 heteroatoms. The van der Waals surface area contributed by atoms with E-state index in [1.807, 2.05) is 18.2 Å². The Morgan fingerprint density at radius 3 is 2.53 bits per heavy atom. The Kier molecular flexibility index (Phi) is 5.17. The largest absolute Gasteiger partial charge is 0.453 e. The van der Waals surface area contributed by atoms with E-state index >= 15 is 0 Å². The van der Waals surface area contributed by atoms with E-state index in [4.69, 9.17) is 39.2 Å². The van der Waals surface area contributed by atoms with Crippen molar-refractivity contribution >= 4 is 34.8 Å². The number of rotatable bonds is 5. The predicted molar refractivity (Wildman–Crippen MR) is 80.3 cm³/mol. The van der Waals surface area contributed by atoms with E-state index in [1.165, 1.54) is 0 Å². The summed E-state index contributed by atoms with van der Waals surface area (Å²) in [4.78, 5) is 0. The average molecular weight is 319 g/mol. The van der Waals surface area contributed by atoms with Gasteiger partial charge in [-0.05, 0) is 48.3 Å². The molecule has 0 saturated heterocycles. The van der Waals surface area contributed by atoms with Crippen LogP contribution >= 0.6 is 34.8 Å². The summed E-state index contributed by atoms with van der Waals surface area (Å²) in [6, 6.07) is 7.62. The SMILES string of the molecule is CCNC(Cc1ccc(Cl)c(Cl)c1)c1ccoc1Cl. The first kappa shape index (κ1) is 14.7. The number of likely N-dealkylation sites (N-methyl/N-ethyl adjacent to an activating group) is 1. The molecule has 0 fully saturated rings. The molecule has 0 aliphatic heterocycles. The zero-order valence-electron chi connectivity index (χ0n) is 10.4. The van der Waals surface area contributed by atoms with Crippen LogP contribution in [0.5, 0.6) is 0 Å². The molecule has 1 heterocycles. The molecule has 0 bridgehead atoms. The van der Waals surface area contributed by atoms with Gasteiger partial charge in [0.15, 0.2) is 5.22 Å². The average Bonchev–Trinajstić information content (AvgIpc) is 2.79. The smallest absolute Gasteiger partial charge is 0.197 e. The van der Waals surface area contributed by atoms with Crippen molar-refractivity contribution in [3.63, 3.8) is 0 Å². The van der Waals surface area contributed by atoms with Crippen LogP contribution in [0.4, 0.5) is 0 Å². The molecule has 2 rings (SSSR count). The highest BCUT2D eigenvalue weighted by molar-refractivity contribution is 6.42. The summed E-state index contributed by atoms with van der Waals surface area (Å²) in [7, 11) is 0. The lowest BCUT2D eigenvalue weighted by Gasteiger charge is -2.17. The van der Waals surface area contributed by atoms with Crippen LogP contribution in [0.15, 0.2) is 34.9 Å². The number of benzene rings is 1. The highest BCUT2D eigenvalue weighted by atomic mass is 35.5. The maximum Gasteiger partial charge on any atom is 0.197 e. The van der Waals surface area contributed by atoms with Crippen LogP contribution in [0.1, 0.15) is 24.1 Å². The monoisotopic (exact) mass is 317 g/mol. The molecule has 0 saturated carbocycles. The lowest BCUT2D eigenvalue weighted by molar-refractivity contribution is 0.526. The fraction of sp³-hybridized carbons (Fsp3) is 0.286. The van der Waals surface area contributed by atoms with Gasteiger partial charge in [0.2, 0.25) is 0 Å². The molecule has 2 aromatic rings. The Morgan fingerprint density at radius 2 is 1.95 bits per heavy atom. The van der Waals surface area contributed by atoms with Gasteiger partial charge in [-0.1, -0.05) is 36.2 Å². The van der Waals surface area contributed by atoms with Crippen molar-refractivity contribution in [2.45, 2.75) is 19.4 Å². The Hall–Kier alpha value is -0.670. The lowest BCUT2D eigenvalue weighted by atomic mass is 10.0. The summed E-state index contributed by atoms with van der Waals surface area (Å²) in [5, 5.41) is 4.93. The van der Waals surface area contributed by atoms with Gasteiger partial charge in [0.25, 0.3) is 0 Å². The maximum atomic E-state index is 6.04. The van der Waals surface area contributed by atoms with Gasteiger partial charge >= 0.3 is 0 Å². The zero-order chi connectivity index (χ0) is 13.8. The van der Waals surface area contributed by atoms with Crippen LogP contribution in [0, 0.1) is 0 Å². The minimum Gasteiger partial charge on any atom is -0.453 e. The molecule has 1 N–H and O–H groups in total. The van der Waals surface area contributed by atoms with Gasteiger partial charge in [0.05, 0.1) is 16.3 Å². The summed E-state index contributed by atoms with van der Waals surface area (Å²) in [6.45, 7) is 2.89. The first-order valence-corrected chi connectivity index (χ1v) is 7.15. The van der Waals surface area contributed by atoms with E-state index in [1.54, 1.807) is 12.3 Å². The Labute approximate surface area is 127 Å². The van der Waals surface area contributed by atoms with Crippen LogP contribution < -0.4 is 5.32 Å². The number of halogens is 3. The number of furan rings is 1. The summed E-state index contributed by atoms with van der Waals surface area (Å²) >= 11 is 18.0. The molecular formula is C14H14Cl3NO. The van der Waals surface area contributed by atoms with Gasteiger partial charge in [0.1, 0.15) is 0 Å². The highest BCUT2D eigenvalue weighted by Crippen LogP contribution is 2.29. The summed E-state index contributed by atoms with van der Waals surface area (Å²) in [5.74, 6) is 0. The van der Waals surface area contributed by atoms with Crippen molar-refractivity contribution in [1.82, 2.24) is 5.32 Å². The standard InChI is InChI=1S/C14H14Cl3NO/c1-2-18-13(10-5-6-19-14(10)17)8-9-3-4-11(15)12(16)7-9/h3-7,13,18H,2,8H2,1H3. The summed E-state index contributed by atoms with van der Waals surface area (Å²) < 4.78 is 5.15. The first-order valence-electron chi connectivity index (χ1n) is 6.02. The van der Waals surface area contributed by atoms with Crippen molar-refractivity contribution < 1.29 is 4.42 Å². The van der Waals surface area contributed by atoms with E-state index in [-0.39, 0.29) is 6.04 Å². The number of hydrogen-bond acceptors (Lipinski definition) is 2. The van der Waals surface area contributed by atoms with Gasteiger partial charge in [-0.3, -0.25) is 0 Å². The second kappa shape index (κ2) is 6.67. The molecule has 1 atom stereocenters. The van der Waals surface area contributed by atoms with Crippen LogP contribution in [0.25, 0.3) is 0 Å². The molecule has 0 aliphatic carbocycles. The molecule has 0 amide bonds. The van der Waals surface area contributed by atoms with E-state index in [9.17, 15) is 0 Å². The topological polar surface area (TPSA) is 25.2 Å². The molecule has 19 heavy (non-hydrogen) atoms. The van der Waals surface area contributed by atoms with Gasteiger partial charge in [-0.25, -0.2) is 0 Å². The van der Waals surface area contributed by atoms with Crippen molar-refractivity contribution in [1.29, 1.82) is 0 Å². The minimum absolute atomic E-state index is 0.0912. The summed E-state index contributed by atoms with van der Waals surface area (Å²) in [5.41, 5.74) is 2.05. The van der Waals surface area contributed by atoms with Crippen molar-refractivity contribution in [3.05, 3.63) is 56.9 Å². The molecule has 1 aromatic heterocycles. The Bertz CT molecular complexity index is 553. The molecule has 1 unspecified atom stereocenters. The van der Waals surface area contributed by atoms with Gasteiger partial charge in [-0.15, -0.1) is 0 Å². The molecule has 0 radical (unpaired) electrons. The van der Waals surface area contributed by atoms with Crippen LogP contribution in [0.3, 0.4) is 0 Å². The second-order valence-electron chi connectivity index (χ2n) is 4.21. The first-order chi connectivity index (χ1) is 9.11. The van der Waals surface area contributed by atoms with Crippen LogP contribution in [-0.2, 0) is 6.42 Å². The molecule has 0 spiro atoms. The predicted octanol–water partition coefficient (Wildman–Crippen LogP) is 5.13. The minimum atomic E-state index is 0.0912. The Morgan fingerprint density at radius 1 is 1.16 bits per heavy atom. The molecule has 0 aliphatic rings. The van der Waals surface area contributed by atoms with Gasteiger partial charge < -0.3 is 9.73 Å². The number of nitrogens with one attached hydrogen (secondary N) is 1. The third-order valence-electron chi connectivity index (χ3n) is 2.90. The van der Waals surface area contributed by atoms with E-state index in [0.717, 1.165) is 24.1 Å². The van der Waals surface area contributed by atoms with Crippen molar-refractivity contribution in [3.8, 4) is 0 Å². The number of hydrogen-bond donors (Lipinski definition) is 1. The quantitative estimate of drug-likeness (QED) is 0.826. The van der Waals surface area contributed by atoms with E-state index < -0.39 is 0 Å².